The fraction of sp³-hybridized carbons (Fsp3) is 0.538. The van der Waals surface area contributed by atoms with Crippen molar-refractivity contribution in [2.24, 2.45) is 0 Å². The number of rotatable bonds is 4. The molecule has 0 saturated heterocycles. The second-order valence-corrected chi connectivity index (χ2v) is 5.60. The molecule has 5 nitrogen and oxygen atoms in total. The summed E-state index contributed by atoms with van der Waals surface area (Å²) in [4.78, 5) is 5.98. The minimum atomic E-state index is 0.351. The minimum absolute atomic E-state index is 0.351. The molecule has 0 spiro atoms. The summed E-state index contributed by atoms with van der Waals surface area (Å²) in [7, 11) is 1.83. The van der Waals surface area contributed by atoms with Crippen molar-refractivity contribution in [1.82, 2.24) is 14.2 Å². The average Bonchev–Trinajstić information content (AvgIpc) is 2.44. The molecule has 1 atom stereocenters. The van der Waals surface area contributed by atoms with Crippen LogP contribution in [-0.4, -0.2) is 33.8 Å². The van der Waals surface area contributed by atoms with Crippen LogP contribution in [-0.2, 0) is 6.54 Å². The highest BCUT2D eigenvalue weighted by atomic mass is 32.2. The molecule has 1 aliphatic heterocycles. The molecule has 1 aliphatic rings. The lowest BCUT2D eigenvalue weighted by molar-refractivity contribution is 0.275. The van der Waals surface area contributed by atoms with Crippen molar-refractivity contribution in [1.29, 1.82) is 5.26 Å². The quantitative estimate of drug-likeness (QED) is 0.518. The van der Waals surface area contributed by atoms with Crippen LogP contribution in [0.1, 0.15) is 24.6 Å². The van der Waals surface area contributed by atoms with Gasteiger partial charge < -0.3 is 9.62 Å². The van der Waals surface area contributed by atoms with Crippen molar-refractivity contribution in [3.05, 3.63) is 23.5 Å². The summed E-state index contributed by atoms with van der Waals surface area (Å²) in [6.45, 7) is 5.81. The number of nitrogens with one attached hydrogen (secondary N) is 1. The van der Waals surface area contributed by atoms with Crippen LogP contribution in [0.5, 0.6) is 0 Å². The first-order chi connectivity index (χ1) is 9.15. The first-order valence-electron chi connectivity index (χ1n) is 6.40. The van der Waals surface area contributed by atoms with Crippen molar-refractivity contribution in [3.63, 3.8) is 0 Å². The molecular weight excluding hydrogens is 258 g/mol. The number of aromatic nitrogens is 1. The van der Waals surface area contributed by atoms with Gasteiger partial charge in [-0.3, -0.25) is 4.98 Å². The number of pyridine rings is 1. The van der Waals surface area contributed by atoms with E-state index in [-0.39, 0.29) is 0 Å². The van der Waals surface area contributed by atoms with E-state index in [0.29, 0.717) is 6.04 Å². The number of hydrogen-bond acceptors (Lipinski definition) is 6. The van der Waals surface area contributed by atoms with Crippen LogP contribution >= 0.6 is 12.1 Å². The van der Waals surface area contributed by atoms with E-state index in [1.54, 1.807) is 17.0 Å². The first kappa shape index (κ1) is 14.0. The van der Waals surface area contributed by atoms with Gasteiger partial charge in [-0.1, -0.05) is 6.92 Å². The summed E-state index contributed by atoms with van der Waals surface area (Å²) >= 11 is 1.61. The number of nitrogens with zero attached hydrogens (tertiary/aromatic N) is 4. The van der Waals surface area contributed by atoms with Crippen LogP contribution in [0.4, 0.5) is 5.69 Å². The van der Waals surface area contributed by atoms with E-state index in [4.69, 9.17) is 5.26 Å². The molecule has 0 amide bonds. The summed E-state index contributed by atoms with van der Waals surface area (Å²) in [6.07, 6.45) is 5.03. The maximum absolute atomic E-state index is 8.90. The van der Waals surface area contributed by atoms with E-state index in [0.717, 1.165) is 30.9 Å². The van der Waals surface area contributed by atoms with E-state index in [1.807, 2.05) is 20.2 Å². The Balaban J connectivity index is 2.10. The van der Waals surface area contributed by atoms with E-state index in [2.05, 4.69) is 33.2 Å². The zero-order valence-electron chi connectivity index (χ0n) is 11.6. The van der Waals surface area contributed by atoms with Gasteiger partial charge in [0, 0.05) is 44.5 Å². The molecule has 1 aromatic rings. The lowest BCUT2D eigenvalue weighted by Crippen LogP contribution is -2.39. The SMILES string of the molecule is CCC(CN(C)C#N)N1Cc2ccnc(C)c2NS1. The monoisotopic (exact) mass is 277 g/mol. The molecule has 0 radical (unpaired) electrons. The first-order valence-corrected chi connectivity index (χ1v) is 7.18. The van der Waals surface area contributed by atoms with Crippen molar-refractivity contribution in [2.75, 3.05) is 18.3 Å². The highest BCUT2D eigenvalue weighted by Gasteiger charge is 2.25. The zero-order chi connectivity index (χ0) is 13.8. The standard InChI is InChI=1S/C13H19N5S/c1-4-12(8-17(3)9-14)18-7-11-5-6-15-10(2)13(11)16-19-18/h5-6,12,16H,4,7-8H2,1-3H3. The van der Waals surface area contributed by atoms with E-state index < -0.39 is 0 Å². The maximum Gasteiger partial charge on any atom is 0.179 e. The normalized spacial score (nSPS) is 16.1. The predicted molar refractivity (Wildman–Crippen MR) is 78.1 cm³/mol. The van der Waals surface area contributed by atoms with E-state index >= 15 is 0 Å². The third-order valence-electron chi connectivity index (χ3n) is 3.35. The molecule has 6 heteroatoms. The molecule has 102 valence electrons. The number of fused-ring (bicyclic) bond motifs is 1. The topological polar surface area (TPSA) is 55.2 Å². The third kappa shape index (κ3) is 3.11. The zero-order valence-corrected chi connectivity index (χ0v) is 12.4. The molecule has 0 bridgehead atoms. The lowest BCUT2D eigenvalue weighted by atomic mass is 10.1. The van der Waals surface area contributed by atoms with Gasteiger partial charge in [0.25, 0.3) is 0 Å². The Bertz CT molecular complexity index is 484. The van der Waals surface area contributed by atoms with Crippen LogP contribution < -0.4 is 4.72 Å². The van der Waals surface area contributed by atoms with Gasteiger partial charge in [0.05, 0.1) is 11.4 Å². The summed E-state index contributed by atoms with van der Waals surface area (Å²) in [5, 5.41) is 8.90. The Morgan fingerprint density at radius 1 is 1.68 bits per heavy atom. The Hall–Kier alpha value is -1.45. The second-order valence-electron chi connectivity index (χ2n) is 4.74. The van der Waals surface area contributed by atoms with E-state index in [1.165, 1.54) is 5.56 Å². The molecule has 0 fully saturated rings. The van der Waals surface area contributed by atoms with Gasteiger partial charge in [0.1, 0.15) is 0 Å². The van der Waals surface area contributed by atoms with Crippen LogP contribution in [0.3, 0.4) is 0 Å². The molecular formula is C13H19N5S. The molecule has 1 unspecified atom stereocenters. The van der Waals surface area contributed by atoms with Gasteiger partial charge in [-0.25, -0.2) is 4.31 Å². The second kappa shape index (κ2) is 6.13. The summed E-state index contributed by atoms with van der Waals surface area (Å²) < 4.78 is 5.67. The van der Waals surface area contributed by atoms with Gasteiger partial charge in [-0.15, -0.1) is 0 Å². The molecule has 1 aromatic heterocycles. The van der Waals surface area contributed by atoms with Crippen LogP contribution in [0.25, 0.3) is 0 Å². The van der Waals surface area contributed by atoms with Crippen LogP contribution in [0.15, 0.2) is 12.3 Å². The van der Waals surface area contributed by atoms with Crippen LogP contribution in [0.2, 0.25) is 0 Å². The smallest absolute Gasteiger partial charge is 0.179 e. The van der Waals surface area contributed by atoms with Crippen molar-refractivity contribution >= 4 is 17.8 Å². The van der Waals surface area contributed by atoms with Gasteiger partial charge in [0.15, 0.2) is 6.19 Å². The van der Waals surface area contributed by atoms with Crippen molar-refractivity contribution in [3.8, 4) is 6.19 Å². The average molecular weight is 277 g/mol. The summed E-state index contributed by atoms with van der Waals surface area (Å²) in [6, 6.07) is 2.41. The number of hydrogen-bond donors (Lipinski definition) is 1. The van der Waals surface area contributed by atoms with Gasteiger partial charge in [-0.05, 0) is 25.0 Å². The van der Waals surface area contributed by atoms with Crippen molar-refractivity contribution < 1.29 is 0 Å². The van der Waals surface area contributed by atoms with Gasteiger partial charge >= 0.3 is 0 Å². The Labute approximate surface area is 118 Å². The molecule has 0 saturated carbocycles. The number of aryl methyl sites for hydroxylation is 1. The predicted octanol–water partition coefficient (Wildman–Crippen LogP) is 2.37. The Morgan fingerprint density at radius 2 is 2.47 bits per heavy atom. The molecule has 19 heavy (non-hydrogen) atoms. The summed E-state index contributed by atoms with van der Waals surface area (Å²) in [5.74, 6) is 0. The lowest BCUT2D eigenvalue weighted by Gasteiger charge is -2.35. The molecule has 2 rings (SSSR count). The highest BCUT2D eigenvalue weighted by molar-refractivity contribution is 7.98. The van der Waals surface area contributed by atoms with Gasteiger partial charge in [-0.2, -0.15) is 5.26 Å². The number of anilines is 1. The Morgan fingerprint density at radius 3 is 3.16 bits per heavy atom. The molecule has 0 aromatic carbocycles. The summed E-state index contributed by atoms with van der Waals surface area (Å²) in [5.41, 5.74) is 3.43. The third-order valence-corrected chi connectivity index (χ3v) is 4.31. The molecule has 0 aliphatic carbocycles. The molecule has 2 heterocycles. The number of nitriles is 1. The number of likely N-dealkylation sites (N-methyl/N-ethyl adjacent to an activating group) is 1. The molecule has 1 N–H and O–H groups in total. The fourth-order valence-electron chi connectivity index (χ4n) is 2.18. The van der Waals surface area contributed by atoms with Crippen molar-refractivity contribution in [2.45, 2.75) is 32.9 Å². The van der Waals surface area contributed by atoms with E-state index in [9.17, 15) is 0 Å². The maximum atomic E-state index is 8.90. The Kier molecular flexibility index (Phi) is 4.51. The highest BCUT2D eigenvalue weighted by Crippen LogP contribution is 2.33. The minimum Gasteiger partial charge on any atom is -0.315 e. The fourth-order valence-corrected chi connectivity index (χ4v) is 3.24. The largest absolute Gasteiger partial charge is 0.315 e. The van der Waals surface area contributed by atoms with Gasteiger partial charge in [0.2, 0.25) is 0 Å². The van der Waals surface area contributed by atoms with Crippen LogP contribution in [0, 0.1) is 18.4 Å².